The van der Waals surface area contributed by atoms with Gasteiger partial charge in [-0.05, 0) is 36.4 Å². The van der Waals surface area contributed by atoms with Crippen molar-refractivity contribution >= 4 is 23.2 Å². The van der Waals surface area contributed by atoms with Crippen LogP contribution in [0.3, 0.4) is 0 Å². The van der Waals surface area contributed by atoms with Crippen LogP contribution in [0.5, 0.6) is 0 Å². The monoisotopic (exact) mass is 343 g/mol. The third-order valence-corrected chi connectivity index (χ3v) is 8.90. The van der Waals surface area contributed by atoms with E-state index in [-0.39, 0.29) is 0 Å². The normalized spacial score (nSPS) is 10.8. The predicted octanol–water partition coefficient (Wildman–Crippen LogP) is 4.78. The number of hydrogen-bond donors (Lipinski definition) is 0. The van der Waals surface area contributed by atoms with Crippen molar-refractivity contribution in [1.82, 2.24) is 0 Å². The highest BCUT2D eigenvalue weighted by molar-refractivity contribution is 7.95. The van der Waals surface area contributed by atoms with Crippen molar-refractivity contribution in [3.8, 4) is 11.8 Å². The summed E-state index contributed by atoms with van der Waals surface area (Å²) in [7, 11) is -1.70. The van der Waals surface area contributed by atoms with Crippen LogP contribution in [0.25, 0.3) is 0 Å². The first-order chi connectivity index (χ1) is 12.4. The molecular weight excluding hydrogens is 319 g/mol. The lowest BCUT2D eigenvalue weighted by Crippen LogP contribution is -2.33. The Balaban J connectivity index is 2.20. The molecule has 0 unspecified atom stereocenters. The van der Waals surface area contributed by atoms with E-state index in [4.69, 9.17) is 0 Å². The molecule has 3 aromatic carbocycles. The maximum absolute atomic E-state index is 3.38. The second kappa shape index (κ2) is 8.66. The van der Waals surface area contributed by atoms with Crippen LogP contribution in [0.15, 0.2) is 91.0 Å². The SMILES string of the molecule is CCC#CCC[P+](c1ccccc1)(c1ccccc1)c1ccccc1. The Kier molecular flexibility index (Phi) is 6.05. The molecule has 3 aromatic rings. The van der Waals surface area contributed by atoms with E-state index in [0.29, 0.717) is 0 Å². The van der Waals surface area contributed by atoms with Crippen LogP contribution in [-0.4, -0.2) is 6.16 Å². The minimum Gasteiger partial charge on any atom is -0.103 e. The van der Waals surface area contributed by atoms with Crippen molar-refractivity contribution < 1.29 is 0 Å². The molecule has 0 N–H and O–H groups in total. The molecule has 0 aromatic heterocycles. The smallest absolute Gasteiger partial charge is 0.103 e. The van der Waals surface area contributed by atoms with E-state index in [1.165, 1.54) is 15.9 Å². The average Bonchev–Trinajstić information content (AvgIpc) is 2.70. The van der Waals surface area contributed by atoms with Crippen molar-refractivity contribution in [3.63, 3.8) is 0 Å². The topological polar surface area (TPSA) is 0 Å². The lowest BCUT2D eigenvalue weighted by atomic mass is 10.3. The first kappa shape index (κ1) is 17.5. The van der Waals surface area contributed by atoms with Crippen molar-refractivity contribution in [2.24, 2.45) is 0 Å². The maximum Gasteiger partial charge on any atom is 0.113 e. The molecule has 0 nitrogen and oxygen atoms in total. The molecule has 0 atom stereocenters. The average molecular weight is 343 g/mol. The summed E-state index contributed by atoms with van der Waals surface area (Å²) < 4.78 is 0. The third kappa shape index (κ3) is 3.84. The zero-order chi connectivity index (χ0) is 17.4. The van der Waals surface area contributed by atoms with Gasteiger partial charge in [0.05, 0.1) is 6.16 Å². The lowest BCUT2D eigenvalue weighted by molar-refractivity contribution is 1.24. The zero-order valence-corrected chi connectivity index (χ0v) is 15.6. The fraction of sp³-hybridized carbons (Fsp3) is 0.167. The van der Waals surface area contributed by atoms with Gasteiger partial charge in [-0.15, -0.1) is 5.92 Å². The second-order valence-electron chi connectivity index (χ2n) is 6.00. The maximum atomic E-state index is 3.38. The Morgan fingerprint density at radius 3 is 1.36 bits per heavy atom. The summed E-state index contributed by atoms with van der Waals surface area (Å²) in [5.41, 5.74) is 0. The Bertz CT molecular complexity index is 730. The molecule has 0 radical (unpaired) electrons. The highest BCUT2D eigenvalue weighted by Gasteiger charge is 2.44. The molecule has 0 saturated heterocycles. The largest absolute Gasteiger partial charge is 0.113 e. The molecule has 0 heterocycles. The predicted molar refractivity (Wildman–Crippen MR) is 113 cm³/mol. The van der Waals surface area contributed by atoms with E-state index < -0.39 is 7.26 Å². The van der Waals surface area contributed by atoms with Gasteiger partial charge in [-0.25, -0.2) is 0 Å². The molecule has 0 bridgehead atoms. The van der Waals surface area contributed by atoms with Gasteiger partial charge in [0.1, 0.15) is 23.2 Å². The highest BCUT2D eigenvalue weighted by Crippen LogP contribution is 2.55. The quantitative estimate of drug-likeness (QED) is 0.462. The zero-order valence-electron chi connectivity index (χ0n) is 14.7. The van der Waals surface area contributed by atoms with Crippen molar-refractivity contribution in [3.05, 3.63) is 91.0 Å². The van der Waals surface area contributed by atoms with Gasteiger partial charge in [-0.1, -0.05) is 67.4 Å². The number of hydrogen-bond acceptors (Lipinski definition) is 0. The fourth-order valence-electron chi connectivity index (χ4n) is 3.32. The Morgan fingerprint density at radius 1 is 0.600 bits per heavy atom. The first-order valence-corrected chi connectivity index (χ1v) is 10.9. The summed E-state index contributed by atoms with van der Waals surface area (Å²) in [4.78, 5) is 0. The van der Waals surface area contributed by atoms with Crippen molar-refractivity contribution in [1.29, 1.82) is 0 Å². The standard InChI is InChI=1S/C24H24P/c1-2-3-4-14-21-25(22-15-8-5-9-16-22,23-17-10-6-11-18-23)24-19-12-7-13-20-24/h5-13,15-20H,2,14,21H2,1H3/q+1. The molecule has 0 aliphatic carbocycles. The Morgan fingerprint density at radius 2 is 1.00 bits per heavy atom. The minimum atomic E-state index is -1.70. The van der Waals surface area contributed by atoms with Gasteiger partial charge in [0.2, 0.25) is 0 Å². The minimum absolute atomic E-state index is 0.924. The van der Waals surface area contributed by atoms with Gasteiger partial charge in [-0.2, -0.15) is 0 Å². The second-order valence-corrected chi connectivity index (χ2v) is 9.61. The van der Waals surface area contributed by atoms with E-state index in [0.717, 1.165) is 19.0 Å². The summed E-state index contributed by atoms with van der Waals surface area (Å²) in [6.45, 7) is 2.11. The van der Waals surface area contributed by atoms with E-state index in [1.54, 1.807) is 0 Å². The van der Waals surface area contributed by atoms with E-state index >= 15 is 0 Å². The van der Waals surface area contributed by atoms with Gasteiger partial charge in [-0.3, -0.25) is 0 Å². The molecule has 3 rings (SSSR count). The van der Waals surface area contributed by atoms with Crippen LogP contribution < -0.4 is 15.9 Å². The summed E-state index contributed by atoms with van der Waals surface area (Å²) in [6.07, 6.45) is 2.94. The Hall–Kier alpha value is -2.35. The molecule has 124 valence electrons. The summed E-state index contributed by atoms with van der Waals surface area (Å²) in [6, 6.07) is 33.0. The van der Waals surface area contributed by atoms with E-state index in [1.807, 2.05) is 0 Å². The van der Waals surface area contributed by atoms with Crippen molar-refractivity contribution in [2.75, 3.05) is 6.16 Å². The van der Waals surface area contributed by atoms with Crippen molar-refractivity contribution in [2.45, 2.75) is 19.8 Å². The lowest BCUT2D eigenvalue weighted by Gasteiger charge is -2.27. The van der Waals surface area contributed by atoms with E-state index in [9.17, 15) is 0 Å². The van der Waals surface area contributed by atoms with Gasteiger partial charge in [0.15, 0.2) is 0 Å². The molecule has 0 saturated carbocycles. The molecular formula is C24H24P+. The van der Waals surface area contributed by atoms with Crippen LogP contribution in [0, 0.1) is 11.8 Å². The molecule has 0 fully saturated rings. The summed E-state index contributed by atoms with van der Waals surface area (Å²) in [5.74, 6) is 6.62. The molecule has 1 heteroatoms. The molecule has 0 amide bonds. The highest BCUT2D eigenvalue weighted by atomic mass is 31.2. The molecule has 0 spiro atoms. The van der Waals surface area contributed by atoms with Crippen LogP contribution in [0.2, 0.25) is 0 Å². The van der Waals surface area contributed by atoms with Crippen LogP contribution in [0.4, 0.5) is 0 Å². The first-order valence-electron chi connectivity index (χ1n) is 8.88. The number of rotatable bonds is 5. The molecule has 0 aliphatic heterocycles. The van der Waals surface area contributed by atoms with Crippen LogP contribution >= 0.6 is 7.26 Å². The van der Waals surface area contributed by atoms with Gasteiger partial charge < -0.3 is 0 Å². The van der Waals surface area contributed by atoms with Crippen LogP contribution in [-0.2, 0) is 0 Å². The van der Waals surface area contributed by atoms with E-state index in [2.05, 4.69) is 110 Å². The summed E-state index contributed by atoms with van der Waals surface area (Å²) >= 11 is 0. The fourth-order valence-corrected chi connectivity index (χ4v) is 7.48. The summed E-state index contributed by atoms with van der Waals surface area (Å²) in [5, 5.41) is 4.31. The van der Waals surface area contributed by atoms with Crippen LogP contribution in [0.1, 0.15) is 19.8 Å². The Labute approximate surface area is 152 Å². The van der Waals surface area contributed by atoms with Gasteiger partial charge in [0.25, 0.3) is 0 Å². The van der Waals surface area contributed by atoms with Gasteiger partial charge in [0, 0.05) is 12.8 Å². The van der Waals surface area contributed by atoms with Gasteiger partial charge >= 0.3 is 0 Å². The molecule has 0 aliphatic rings. The number of benzene rings is 3. The third-order valence-electron chi connectivity index (χ3n) is 4.46. The molecule has 25 heavy (non-hydrogen) atoms.